The second-order valence-corrected chi connectivity index (χ2v) is 5.95. The van der Waals surface area contributed by atoms with E-state index in [1.165, 1.54) is 0 Å². The number of hydrogen-bond donors (Lipinski definition) is 0. The maximum Gasteiger partial charge on any atom is 0.126 e. The third kappa shape index (κ3) is 2.19. The second-order valence-electron chi connectivity index (χ2n) is 5.57. The van der Waals surface area contributed by atoms with Gasteiger partial charge in [0.15, 0.2) is 0 Å². The lowest BCUT2D eigenvalue weighted by atomic mass is 9.94. The van der Waals surface area contributed by atoms with Gasteiger partial charge in [-0.15, -0.1) is 0 Å². The minimum atomic E-state index is -0.157. The zero-order chi connectivity index (χ0) is 15.9. The number of rotatable bonds is 3. The van der Waals surface area contributed by atoms with Crippen LogP contribution in [0.1, 0.15) is 23.1 Å². The van der Waals surface area contributed by atoms with E-state index >= 15 is 0 Å². The van der Waals surface area contributed by atoms with Crippen LogP contribution in [0.2, 0.25) is 5.02 Å². The molecule has 0 N–H and O–H groups in total. The highest BCUT2D eigenvalue weighted by Gasteiger charge is 2.47. The van der Waals surface area contributed by atoms with E-state index in [2.05, 4.69) is 6.07 Å². The molecule has 1 fully saturated rings. The van der Waals surface area contributed by atoms with E-state index in [9.17, 15) is 0 Å². The number of ether oxygens (including phenoxy) is 2. The number of hydrogen-bond acceptors (Lipinski definition) is 5. The Morgan fingerprint density at radius 3 is 2.77 bits per heavy atom. The average Bonchev–Trinajstić information content (AvgIpc) is 3.08. The summed E-state index contributed by atoms with van der Waals surface area (Å²) < 4.78 is 11.3. The predicted octanol–water partition coefficient (Wildman–Crippen LogP) is 2.34. The third-order valence-electron chi connectivity index (χ3n) is 4.52. The molecule has 0 aliphatic carbocycles. The molecule has 0 radical (unpaired) electrons. The Bertz CT molecular complexity index is 668. The predicted molar refractivity (Wildman–Crippen MR) is 84.1 cm³/mol. The minimum Gasteiger partial charge on any atom is -0.379 e. The minimum absolute atomic E-state index is 0.0961. The fourth-order valence-corrected chi connectivity index (χ4v) is 3.57. The lowest BCUT2D eigenvalue weighted by molar-refractivity contribution is 0.0153. The van der Waals surface area contributed by atoms with Crippen molar-refractivity contribution in [1.29, 1.82) is 5.26 Å². The van der Waals surface area contributed by atoms with Crippen LogP contribution in [0.5, 0.6) is 0 Å². The number of hydrazone groups is 1. The first-order chi connectivity index (χ1) is 10.6. The fraction of sp³-hybridized carbons (Fsp3) is 0.500. The van der Waals surface area contributed by atoms with Gasteiger partial charge in [0, 0.05) is 26.3 Å². The quantitative estimate of drug-likeness (QED) is 0.858. The summed E-state index contributed by atoms with van der Waals surface area (Å²) in [5.74, 6) is 0. The van der Waals surface area contributed by atoms with Gasteiger partial charge < -0.3 is 9.47 Å². The Morgan fingerprint density at radius 2 is 2.14 bits per heavy atom. The van der Waals surface area contributed by atoms with Crippen LogP contribution in [-0.4, -0.2) is 49.7 Å². The molecule has 22 heavy (non-hydrogen) atoms. The van der Waals surface area contributed by atoms with Crippen molar-refractivity contribution in [3.63, 3.8) is 0 Å². The van der Waals surface area contributed by atoms with Crippen molar-refractivity contribution in [2.75, 3.05) is 20.8 Å². The number of halogens is 1. The van der Waals surface area contributed by atoms with Gasteiger partial charge in [0.05, 0.1) is 22.4 Å². The number of fused-ring (bicyclic) bond motifs is 1. The molecule has 2 aliphatic heterocycles. The third-order valence-corrected chi connectivity index (χ3v) is 5.01. The largest absolute Gasteiger partial charge is 0.379 e. The molecule has 0 aromatic heterocycles. The molecule has 3 rings (SSSR count). The molecule has 0 amide bonds. The molecule has 1 saturated heterocycles. The first-order valence-electron chi connectivity index (χ1n) is 7.22. The van der Waals surface area contributed by atoms with E-state index in [-0.39, 0.29) is 18.2 Å². The van der Waals surface area contributed by atoms with Gasteiger partial charge in [-0.3, -0.25) is 5.01 Å². The fourth-order valence-electron chi connectivity index (χ4n) is 3.36. The molecule has 2 aliphatic rings. The zero-order valence-corrected chi connectivity index (χ0v) is 13.6. The van der Waals surface area contributed by atoms with Gasteiger partial charge in [0.25, 0.3) is 0 Å². The van der Waals surface area contributed by atoms with E-state index in [0.29, 0.717) is 10.6 Å². The van der Waals surface area contributed by atoms with Gasteiger partial charge in [0.2, 0.25) is 0 Å². The van der Waals surface area contributed by atoms with Crippen molar-refractivity contribution in [1.82, 2.24) is 5.01 Å². The Morgan fingerprint density at radius 1 is 1.36 bits per heavy atom. The average molecular weight is 320 g/mol. The van der Waals surface area contributed by atoms with E-state index in [0.717, 1.165) is 29.8 Å². The topological polar surface area (TPSA) is 57.8 Å². The Labute approximate surface area is 135 Å². The maximum atomic E-state index is 9.08. The highest BCUT2D eigenvalue weighted by Crippen LogP contribution is 2.34. The summed E-state index contributed by atoms with van der Waals surface area (Å²) in [5.41, 5.74) is 3.13. The van der Waals surface area contributed by atoms with Crippen LogP contribution in [-0.2, 0) is 9.47 Å². The monoisotopic (exact) mass is 319 g/mol. The number of benzene rings is 1. The summed E-state index contributed by atoms with van der Waals surface area (Å²) in [6, 6.07) is 5.83. The first-order valence-corrected chi connectivity index (χ1v) is 7.60. The van der Waals surface area contributed by atoms with Crippen molar-refractivity contribution in [2.24, 2.45) is 5.10 Å². The molecule has 2 heterocycles. The number of methoxy groups -OCH3 is 2. The molecule has 6 heteroatoms. The van der Waals surface area contributed by atoms with Gasteiger partial charge in [-0.1, -0.05) is 17.7 Å². The van der Waals surface area contributed by atoms with Crippen molar-refractivity contribution in [2.45, 2.75) is 31.6 Å². The standard InChI is InChI=1S/C16H18ClN3O2/c1-9-11(5-4-10(8-18)13(9)17)14-16(22-3)15-12(21-2)6-7-20(15)19-14/h4-5,12,15-16H,6-7H2,1-3H3/t12-,15-,16?/m0/s1. The summed E-state index contributed by atoms with van der Waals surface area (Å²) >= 11 is 6.29. The molecule has 0 saturated carbocycles. The summed E-state index contributed by atoms with van der Waals surface area (Å²) in [5, 5.41) is 16.3. The molecule has 3 atom stereocenters. The van der Waals surface area contributed by atoms with Crippen LogP contribution in [0.4, 0.5) is 0 Å². The lowest BCUT2D eigenvalue weighted by Crippen LogP contribution is -2.42. The van der Waals surface area contributed by atoms with Crippen molar-refractivity contribution >= 4 is 17.3 Å². The highest BCUT2D eigenvalue weighted by molar-refractivity contribution is 6.33. The van der Waals surface area contributed by atoms with Crippen molar-refractivity contribution < 1.29 is 9.47 Å². The van der Waals surface area contributed by atoms with E-state index < -0.39 is 0 Å². The van der Waals surface area contributed by atoms with Crippen LogP contribution in [0, 0.1) is 18.3 Å². The second kappa shape index (κ2) is 5.88. The van der Waals surface area contributed by atoms with Gasteiger partial charge in [0.1, 0.15) is 18.2 Å². The van der Waals surface area contributed by atoms with Crippen LogP contribution in [0.3, 0.4) is 0 Å². The Balaban J connectivity index is 2.03. The maximum absolute atomic E-state index is 9.08. The molecular weight excluding hydrogens is 302 g/mol. The van der Waals surface area contributed by atoms with Crippen LogP contribution < -0.4 is 0 Å². The molecule has 116 valence electrons. The molecule has 0 bridgehead atoms. The van der Waals surface area contributed by atoms with E-state index in [1.807, 2.05) is 18.0 Å². The first kappa shape index (κ1) is 15.3. The van der Waals surface area contributed by atoms with Crippen LogP contribution in [0.25, 0.3) is 0 Å². The Kier molecular flexibility index (Phi) is 4.09. The molecular formula is C16H18ClN3O2. The van der Waals surface area contributed by atoms with Crippen LogP contribution >= 0.6 is 11.6 Å². The van der Waals surface area contributed by atoms with Crippen molar-refractivity contribution in [3.8, 4) is 6.07 Å². The molecule has 1 unspecified atom stereocenters. The molecule has 5 nitrogen and oxygen atoms in total. The number of nitriles is 1. The lowest BCUT2D eigenvalue weighted by Gasteiger charge is -2.25. The molecule has 1 aromatic carbocycles. The summed E-state index contributed by atoms with van der Waals surface area (Å²) in [4.78, 5) is 0. The highest BCUT2D eigenvalue weighted by atomic mass is 35.5. The SMILES string of the molecule is COC1C(c2ccc(C#N)c(Cl)c2C)=NN2CC[C@H](OC)[C@@H]12. The number of nitrogens with zero attached hydrogens (tertiary/aromatic N) is 3. The van der Waals surface area contributed by atoms with Gasteiger partial charge in [-0.05, 0) is 25.0 Å². The van der Waals surface area contributed by atoms with Gasteiger partial charge in [-0.2, -0.15) is 10.4 Å². The van der Waals surface area contributed by atoms with Crippen molar-refractivity contribution in [3.05, 3.63) is 33.8 Å². The Hall–Kier alpha value is -1.61. The van der Waals surface area contributed by atoms with E-state index in [1.54, 1.807) is 20.3 Å². The van der Waals surface area contributed by atoms with Crippen LogP contribution in [0.15, 0.2) is 17.2 Å². The summed E-state index contributed by atoms with van der Waals surface area (Å²) in [6.07, 6.45) is 0.903. The molecule has 0 spiro atoms. The summed E-state index contributed by atoms with van der Waals surface area (Å²) in [7, 11) is 3.41. The smallest absolute Gasteiger partial charge is 0.126 e. The van der Waals surface area contributed by atoms with Gasteiger partial charge >= 0.3 is 0 Å². The zero-order valence-electron chi connectivity index (χ0n) is 12.8. The normalized spacial score (nSPS) is 26.8. The van der Waals surface area contributed by atoms with E-state index in [4.69, 9.17) is 31.4 Å². The summed E-state index contributed by atoms with van der Waals surface area (Å²) in [6.45, 7) is 2.76. The van der Waals surface area contributed by atoms with Gasteiger partial charge in [-0.25, -0.2) is 0 Å². The molecule has 1 aromatic rings.